The van der Waals surface area contributed by atoms with Crippen LogP contribution in [0, 0.1) is 0 Å². The maximum Gasteiger partial charge on any atom is 0.312 e. The van der Waals surface area contributed by atoms with Crippen molar-refractivity contribution in [2.75, 3.05) is 13.1 Å². The summed E-state index contributed by atoms with van der Waals surface area (Å²) < 4.78 is 35.5. The number of pyridine rings is 1. The second kappa shape index (κ2) is 7.13. The van der Waals surface area contributed by atoms with Gasteiger partial charge in [-0.2, -0.15) is 8.78 Å². The number of urea groups is 1. The third-order valence-electron chi connectivity index (χ3n) is 4.85. The van der Waals surface area contributed by atoms with Crippen molar-refractivity contribution < 1.29 is 22.8 Å². The number of hydrogen-bond acceptors (Lipinski definition) is 4. The van der Waals surface area contributed by atoms with E-state index in [0.717, 1.165) is 0 Å². The molecule has 0 bridgehead atoms. The number of carbonyl (C=O) groups excluding carboxylic acids is 2. The van der Waals surface area contributed by atoms with E-state index in [1.54, 1.807) is 6.07 Å². The highest BCUT2D eigenvalue weighted by molar-refractivity contribution is 6.33. The summed E-state index contributed by atoms with van der Waals surface area (Å²) in [5.74, 6) is -3.95. The van der Waals surface area contributed by atoms with Crippen LogP contribution in [0.3, 0.4) is 0 Å². The molecule has 4 heterocycles. The van der Waals surface area contributed by atoms with Gasteiger partial charge in [-0.05, 0) is 18.2 Å². The van der Waals surface area contributed by atoms with Gasteiger partial charge in [-0.15, -0.1) is 0 Å². The Labute approximate surface area is 173 Å². The molecule has 1 fully saturated rings. The zero-order valence-corrected chi connectivity index (χ0v) is 16.2. The largest absolute Gasteiger partial charge is 0.472 e. The van der Waals surface area contributed by atoms with Crippen LogP contribution < -0.4 is 11.1 Å². The Morgan fingerprint density at radius 1 is 1.40 bits per heavy atom. The molecule has 0 saturated carbocycles. The Bertz CT molecular complexity index is 1150. The number of alkyl halides is 2. The van der Waals surface area contributed by atoms with E-state index in [0.29, 0.717) is 17.2 Å². The first kappa shape index (κ1) is 19.9. The van der Waals surface area contributed by atoms with Crippen LogP contribution in [0.15, 0.2) is 47.9 Å². The standard InChI is InChI=1S/C19H16ClF2N5O3/c1-2-19(21,22)13-5-11(10-3-4-30-9-10)6-27-15(20)14(25-16(13)27)17(28)26-7-12(8-26)24-18(23)29/h2-6,9,12H,1,7-8H2,(H3,23,24,29). The van der Waals surface area contributed by atoms with E-state index in [1.807, 2.05) is 0 Å². The van der Waals surface area contributed by atoms with Gasteiger partial charge < -0.3 is 20.4 Å². The molecule has 1 aliphatic rings. The third-order valence-corrected chi connectivity index (χ3v) is 5.21. The summed E-state index contributed by atoms with van der Waals surface area (Å²) in [6.07, 6.45) is 4.82. The number of furan rings is 1. The number of allylic oxidation sites excluding steroid dienone is 1. The lowest BCUT2D eigenvalue weighted by Gasteiger charge is -2.38. The topological polar surface area (TPSA) is 106 Å². The van der Waals surface area contributed by atoms with Gasteiger partial charge in [-0.25, -0.2) is 9.78 Å². The summed E-state index contributed by atoms with van der Waals surface area (Å²) in [5, 5.41) is 2.38. The summed E-state index contributed by atoms with van der Waals surface area (Å²) in [6.45, 7) is 3.62. The molecule has 0 radical (unpaired) electrons. The fourth-order valence-electron chi connectivity index (χ4n) is 3.28. The molecule has 156 valence electrons. The number of rotatable bonds is 5. The number of hydrogen-bond donors (Lipinski definition) is 2. The molecular weight excluding hydrogens is 420 g/mol. The number of fused-ring (bicyclic) bond motifs is 1. The van der Waals surface area contributed by atoms with E-state index in [2.05, 4.69) is 16.9 Å². The van der Waals surface area contributed by atoms with E-state index in [1.165, 1.54) is 34.1 Å². The monoisotopic (exact) mass is 435 g/mol. The summed E-state index contributed by atoms with van der Waals surface area (Å²) in [5.41, 5.74) is 5.24. The SMILES string of the molecule is C=CC(F)(F)c1cc(-c2ccoc2)cn2c(Cl)c(C(=O)N3CC(NC(N)=O)C3)nc12. The van der Waals surface area contributed by atoms with Gasteiger partial charge in [-0.1, -0.05) is 18.2 Å². The normalized spacial score (nSPS) is 14.6. The predicted molar refractivity (Wildman–Crippen MR) is 104 cm³/mol. The van der Waals surface area contributed by atoms with E-state index in [-0.39, 0.29) is 35.6 Å². The van der Waals surface area contributed by atoms with Crippen LogP contribution in [-0.4, -0.2) is 45.4 Å². The summed E-state index contributed by atoms with van der Waals surface area (Å²) >= 11 is 6.37. The minimum absolute atomic E-state index is 0.104. The number of nitrogens with one attached hydrogen (secondary N) is 1. The van der Waals surface area contributed by atoms with Crippen molar-refractivity contribution in [3.05, 3.63) is 59.9 Å². The van der Waals surface area contributed by atoms with Crippen molar-refractivity contribution in [2.24, 2.45) is 5.73 Å². The van der Waals surface area contributed by atoms with Crippen LogP contribution in [0.2, 0.25) is 5.15 Å². The molecule has 3 N–H and O–H groups in total. The Morgan fingerprint density at radius 2 is 2.13 bits per heavy atom. The first-order chi connectivity index (χ1) is 14.2. The number of aromatic nitrogens is 2. The van der Waals surface area contributed by atoms with Crippen molar-refractivity contribution in [3.8, 4) is 11.1 Å². The molecule has 0 aliphatic carbocycles. The highest BCUT2D eigenvalue weighted by Crippen LogP contribution is 2.37. The van der Waals surface area contributed by atoms with Gasteiger partial charge in [0.15, 0.2) is 5.69 Å². The highest BCUT2D eigenvalue weighted by Gasteiger charge is 2.37. The molecule has 0 spiro atoms. The van der Waals surface area contributed by atoms with E-state index in [9.17, 15) is 18.4 Å². The molecule has 3 aromatic heterocycles. The lowest BCUT2D eigenvalue weighted by atomic mass is 10.0. The summed E-state index contributed by atoms with van der Waals surface area (Å²) in [4.78, 5) is 29.2. The van der Waals surface area contributed by atoms with Crippen molar-refractivity contribution in [1.29, 1.82) is 0 Å². The molecule has 1 saturated heterocycles. The van der Waals surface area contributed by atoms with Gasteiger partial charge in [0, 0.05) is 30.4 Å². The predicted octanol–water partition coefficient (Wildman–Crippen LogP) is 3.02. The van der Waals surface area contributed by atoms with Gasteiger partial charge in [0.25, 0.3) is 11.8 Å². The van der Waals surface area contributed by atoms with Crippen molar-refractivity contribution in [3.63, 3.8) is 0 Å². The molecule has 30 heavy (non-hydrogen) atoms. The highest BCUT2D eigenvalue weighted by atomic mass is 35.5. The van der Waals surface area contributed by atoms with Crippen molar-refractivity contribution in [2.45, 2.75) is 12.0 Å². The molecule has 4 rings (SSSR count). The van der Waals surface area contributed by atoms with Crippen molar-refractivity contribution >= 4 is 29.2 Å². The third kappa shape index (κ3) is 3.28. The number of nitrogens with zero attached hydrogens (tertiary/aromatic N) is 3. The molecular formula is C19H16ClF2N5O3. The van der Waals surface area contributed by atoms with Crippen LogP contribution in [0.25, 0.3) is 16.8 Å². The molecule has 3 aromatic rings. The summed E-state index contributed by atoms with van der Waals surface area (Å²) in [6, 6.07) is 1.90. The fraction of sp³-hybridized carbons (Fsp3) is 0.211. The van der Waals surface area contributed by atoms with Gasteiger partial charge in [0.05, 0.1) is 24.1 Å². The van der Waals surface area contributed by atoms with E-state index >= 15 is 0 Å². The Balaban J connectivity index is 1.77. The van der Waals surface area contributed by atoms with Crippen LogP contribution >= 0.6 is 11.6 Å². The molecule has 0 unspecified atom stereocenters. The number of halogens is 3. The van der Waals surface area contributed by atoms with Crippen LogP contribution in [0.1, 0.15) is 16.1 Å². The van der Waals surface area contributed by atoms with E-state index in [4.69, 9.17) is 21.8 Å². The molecule has 0 atom stereocenters. The van der Waals surface area contributed by atoms with Gasteiger partial charge in [0.2, 0.25) is 0 Å². The quantitative estimate of drug-likeness (QED) is 0.601. The lowest BCUT2D eigenvalue weighted by molar-refractivity contribution is 0.0533. The minimum Gasteiger partial charge on any atom is -0.472 e. The van der Waals surface area contributed by atoms with Crippen LogP contribution in [-0.2, 0) is 5.92 Å². The number of primary amides is 1. The molecule has 1 aliphatic heterocycles. The van der Waals surface area contributed by atoms with Crippen LogP contribution in [0.4, 0.5) is 13.6 Å². The first-order valence-electron chi connectivity index (χ1n) is 8.82. The molecule has 0 aromatic carbocycles. The number of nitrogens with two attached hydrogens (primary N) is 1. The fourth-order valence-corrected chi connectivity index (χ4v) is 3.53. The maximum atomic E-state index is 14.6. The van der Waals surface area contributed by atoms with E-state index < -0.39 is 23.4 Å². The van der Waals surface area contributed by atoms with Gasteiger partial charge in [-0.3, -0.25) is 9.20 Å². The second-order valence-electron chi connectivity index (χ2n) is 6.84. The summed E-state index contributed by atoms with van der Waals surface area (Å²) in [7, 11) is 0. The van der Waals surface area contributed by atoms with Gasteiger partial charge >= 0.3 is 6.03 Å². The second-order valence-corrected chi connectivity index (χ2v) is 7.20. The average molecular weight is 436 g/mol. The zero-order chi connectivity index (χ0) is 21.6. The average Bonchev–Trinajstić information content (AvgIpc) is 3.31. The Hall–Kier alpha value is -3.40. The Kier molecular flexibility index (Phi) is 4.73. The number of imidazole rings is 1. The molecule has 8 nitrogen and oxygen atoms in total. The lowest BCUT2D eigenvalue weighted by Crippen LogP contribution is -2.61. The zero-order valence-electron chi connectivity index (χ0n) is 15.4. The van der Waals surface area contributed by atoms with Crippen LogP contribution in [0.5, 0.6) is 0 Å². The molecule has 3 amide bonds. The van der Waals surface area contributed by atoms with Crippen molar-refractivity contribution in [1.82, 2.24) is 19.6 Å². The van der Waals surface area contributed by atoms with Gasteiger partial charge in [0.1, 0.15) is 10.8 Å². The number of carbonyl (C=O) groups is 2. The molecule has 11 heteroatoms. The number of likely N-dealkylation sites (tertiary alicyclic amines) is 1. The first-order valence-corrected chi connectivity index (χ1v) is 9.20. The minimum atomic E-state index is -3.41. The number of amides is 3. The Morgan fingerprint density at radius 3 is 2.73 bits per heavy atom. The maximum absolute atomic E-state index is 14.6. The smallest absolute Gasteiger partial charge is 0.312 e.